The molecule has 146 valence electrons. The second-order valence-corrected chi connectivity index (χ2v) is 6.74. The number of carbonyl (C=O) groups is 1. The zero-order valence-electron chi connectivity index (χ0n) is 15.4. The van der Waals surface area contributed by atoms with Crippen molar-refractivity contribution in [3.63, 3.8) is 0 Å². The van der Waals surface area contributed by atoms with Crippen molar-refractivity contribution in [3.05, 3.63) is 71.6 Å². The first-order chi connectivity index (χ1) is 14.2. The quantitative estimate of drug-likeness (QED) is 0.452. The molecule has 29 heavy (non-hydrogen) atoms. The largest absolute Gasteiger partial charge is 0.495 e. The summed E-state index contributed by atoms with van der Waals surface area (Å²) in [5.74, 6) is 1.10. The topological polar surface area (TPSA) is 99.4 Å². The Labute approximate surface area is 170 Å². The van der Waals surface area contributed by atoms with Crippen LogP contribution in [0, 0.1) is 0 Å². The van der Waals surface area contributed by atoms with E-state index < -0.39 is 5.97 Å². The molecule has 0 aliphatic heterocycles. The van der Waals surface area contributed by atoms with Gasteiger partial charge in [0.05, 0.1) is 17.7 Å². The molecule has 0 aliphatic rings. The Morgan fingerprint density at radius 3 is 2.90 bits per heavy atom. The molecule has 0 unspecified atom stereocenters. The number of aromatic nitrogens is 3. The Morgan fingerprint density at radius 1 is 1.17 bits per heavy atom. The molecule has 0 spiro atoms. The second kappa shape index (κ2) is 8.53. The zero-order chi connectivity index (χ0) is 20.1. The van der Waals surface area contributed by atoms with Gasteiger partial charge in [0.1, 0.15) is 17.1 Å². The van der Waals surface area contributed by atoms with E-state index in [0.29, 0.717) is 23.1 Å². The summed E-state index contributed by atoms with van der Waals surface area (Å²) in [5.41, 5.74) is 0.955. The molecule has 4 aromatic rings. The van der Waals surface area contributed by atoms with E-state index in [1.165, 1.54) is 11.3 Å². The SMILES string of the molecule is COc1ccccc1Nc1ncccc1C(=O)OCc1nc(-c2cccs2)no1. The smallest absolute Gasteiger partial charge is 0.342 e. The molecule has 0 saturated carbocycles. The molecule has 8 nitrogen and oxygen atoms in total. The minimum absolute atomic E-state index is 0.139. The van der Waals surface area contributed by atoms with Crippen molar-refractivity contribution in [2.24, 2.45) is 0 Å². The van der Waals surface area contributed by atoms with Crippen LogP contribution in [0.3, 0.4) is 0 Å². The van der Waals surface area contributed by atoms with Crippen molar-refractivity contribution in [2.45, 2.75) is 6.61 Å². The van der Waals surface area contributed by atoms with Gasteiger partial charge in [-0.2, -0.15) is 4.98 Å². The van der Waals surface area contributed by atoms with Gasteiger partial charge in [-0.15, -0.1) is 11.3 Å². The highest BCUT2D eigenvalue weighted by atomic mass is 32.1. The number of nitrogens with zero attached hydrogens (tertiary/aromatic N) is 3. The molecule has 1 aromatic carbocycles. The third-order valence-electron chi connectivity index (χ3n) is 3.92. The number of pyridine rings is 1. The number of methoxy groups -OCH3 is 1. The molecular formula is C20H16N4O4S. The molecule has 3 aromatic heterocycles. The van der Waals surface area contributed by atoms with Gasteiger partial charge in [0, 0.05) is 6.20 Å². The van der Waals surface area contributed by atoms with Crippen LogP contribution in [-0.2, 0) is 11.3 Å². The summed E-state index contributed by atoms with van der Waals surface area (Å²) in [6, 6.07) is 14.4. The number of esters is 1. The van der Waals surface area contributed by atoms with Gasteiger partial charge in [-0.1, -0.05) is 23.4 Å². The molecule has 3 heterocycles. The number of hydrogen-bond acceptors (Lipinski definition) is 9. The summed E-state index contributed by atoms with van der Waals surface area (Å²) in [5, 5.41) is 8.92. The van der Waals surface area contributed by atoms with Gasteiger partial charge < -0.3 is 19.3 Å². The van der Waals surface area contributed by atoms with Crippen molar-refractivity contribution in [1.29, 1.82) is 0 Å². The third-order valence-corrected chi connectivity index (χ3v) is 4.79. The molecule has 0 amide bonds. The van der Waals surface area contributed by atoms with E-state index in [1.54, 1.807) is 25.4 Å². The average Bonchev–Trinajstić information content (AvgIpc) is 3.45. The molecule has 1 N–H and O–H groups in total. The second-order valence-electron chi connectivity index (χ2n) is 5.79. The van der Waals surface area contributed by atoms with Crippen LogP contribution in [0.4, 0.5) is 11.5 Å². The fraction of sp³-hybridized carbons (Fsp3) is 0.100. The summed E-state index contributed by atoms with van der Waals surface area (Å²) < 4.78 is 15.8. The summed E-state index contributed by atoms with van der Waals surface area (Å²) in [7, 11) is 1.57. The molecule has 0 atom stereocenters. The number of rotatable bonds is 7. The maximum absolute atomic E-state index is 12.6. The Kier molecular flexibility index (Phi) is 5.48. The van der Waals surface area contributed by atoms with E-state index in [0.717, 1.165) is 4.88 Å². The Balaban J connectivity index is 1.47. The van der Waals surface area contributed by atoms with E-state index in [-0.39, 0.29) is 18.1 Å². The summed E-state index contributed by atoms with van der Waals surface area (Å²) in [4.78, 5) is 22.0. The number of para-hydroxylation sites is 2. The number of nitrogens with one attached hydrogen (secondary N) is 1. The van der Waals surface area contributed by atoms with E-state index in [9.17, 15) is 4.79 Å². The maximum atomic E-state index is 12.6. The predicted octanol–water partition coefficient (Wildman–Crippen LogP) is 4.30. The zero-order valence-corrected chi connectivity index (χ0v) is 16.2. The van der Waals surface area contributed by atoms with E-state index in [1.807, 2.05) is 41.8 Å². The van der Waals surface area contributed by atoms with Crippen LogP contribution in [0.2, 0.25) is 0 Å². The lowest BCUT2D eigenvalue weighted by Gasteiger charge is -2.12. The van der Waals surface area contributed by atoms with Crippen molar-refractivity contribution in [1.82, 2.24) is 15.1 Å². The van der Waals surface area contributed by atoms with E-state index in [2.05, 4.69) is 20.4 Å². The van der Waals surface area contributed by atoms with Crippen LogP contribution >= 0.6 is 11.3 Å². The first kappa shape index (κ1) is 18.6. The van der Waals surface area contributed by atoms with Crippen LogP contribution in [-0.4, -0.2) is 28.2 Å². The highest BCUT2D eigenvalue weighted by Gasteiger charge is 2.17. The number of benzene rings is 1. The number of thiophene rings is 1. The van der Waals surface area contributed by atoms with Gasteiger partial charge >= 0.3 is 5.97 Å². The van der Waals surface area contributed by atoms with Gasteiger partial charge in [-0.25, -0.2) is 9.78 Å². The molecule has 9 heteroatoms. The molecule has 0 aliphatic carbocycles. The molecular weight excluding hydrogens is 392 g/mol. The number of anilines is 2. The normalized spacial score (nSPS) is 10.5. The van der Waals surface area contributed by atoms with E-state index >= 15 is 0 Å². The first-order valence-corrected chi connectivity index (χ1v) is 9.51. The minimum Gasteiger partial charge on any atom is -0.495 e. The molecule has 0 saturated heterocycles. The monoisotopic (exact) mass is 408 g/mol. The highest BCUT2D eigenvalue weighted by Crippen LogP contribution is 2.28. The van der Waals surface area contributed by atoms with Gasteiger partial charge in [0.25, 0.3) is 5.89 Å². The number of hydrogen-bond donors (Lipinski definition) is 1. The third kappa shape index (κ3) is 4.25. The lowest BCUT2D eigenvalue weighted by molar-refractivity contribution is 0.0430. The lowest BCUT2D eigenvalue weighted by Crippen LogP contribution is -2.10. The average molecular weight is 408 g/mol. The molecule has 0 fully saturated rings. The first-order valence-electron chi connectivity index (χ1n) is 8.63. The molecule has 0 bridgehead atoms. The molecule has 4 rings (SSSR count). The van der Waals surface area contributed by atoms with Crippen LogP contribution in [0.5, 0.6) is 5.75 Å². The van der Waals surface area contributed by atoms with Crippen LogP contribution in [0.15, 0.2) is 64.6 Å². The Bertz CT molecular complexity index is 1110. The standard InChI is InChI=1S/C20H16N4O4S/c1-26-15-8-3-2-7-14(15)22-18-13(6-4-10-21-18)20(25)27-12-17-23-19(24-28-17)16-9-5-11-29-16/h2-11H,12H2,1H3,(H,21,22). The lowest BCUT2D eigenvalue weighted by atomic mass is 10.2. The van der Waals surface area contributed by atoms with E-state index in [4.69, 9.17) is 14.0 Å². The van der Waals surface area contributed by atoms with Crippen molar-refractivity contribution in [2.75, 3.05) is 12.4 Å². The van der Waals surface area contributed by atoms with Crippen LogP contribution in [0.25, 0.3) is 10.7 Å². The Hall–Kier alpha value is -3.72. The Morgan fingerprint density at radius 2 is 2.07 bits per heavy atom. The summed E-state index contributed by atoms with van der Waals surface area (Å²) >= 11 is 1.50. The minimum atomic E-state index is -0.564. The summed E-state index contributed by atoms with van der Waals surface area (Å²) in [6.45, 7) is -0.139. The van der Waals surface area contributed by atoms with Crippen molar-refractivity contribution < 1.29 is 18.8 Å². The van der Waals surface area contributed by atoms with Crippen molar-refractivity contribution >= 4 is 28.8 Å². The summed E-state index contributed by atoms with van der Waals surface area (Å²) in [6.07, 6.45) is 1.58. The van der Waals surface area contributed by atoms with Gasteiger partial charge in [0.15, 0.2) is 6.61 Å². The van der Waals surface area contributed by atoms with Gasteiger partial charge in [0.2, 0.25) is 5.82 Å². The highest BCUT2D eigenvalue weighted by molar-refractivity contribution is 7.13. The predicted molar refractivity (Wildman–Crippen MR) is 107 cm³/mol. The van der Waals surface area contributed by atoms with Gasteiger partial charge in [-0.3, -0.25) is 0 Å². The van der Waals surface area contributed by atoms with Crippen LogP contribution in [0.1, 0.15) is 16.2 Å². The van der Waals surface area contributed by atoms with Crippen molar-refractivity contribution in [3.8, 4) is 16.5 Å². The fourth-order valence-electron chi connectivity index (χ4n) is 2.57. The van der Waals surface area contributed by atoms with Crippen LogP contribution < -0.4 is 10.1 Å². The van der Waals surface area contributed by atoms with Gasteiger partial charge in [-0.05, 0) is 35.7 Å². The number of carbonyl (C=O) groups excluding carboxylic acids is 1. The number of ether oxygens (including phenoxy) is 2. The maximum Gasteiger partial charge on any atom is 0.342 e. The fourth-order valence-corrected chi connectivity index (χ4v) is 3.22. The molecule has 0 radical (unpaired) electrons.